The summed E-state index contributed by atoms with van der Waals surface area (Å²) in [4.78, 5) is 10.9. The van der Waals surface area contributed by atoms with Gasteiger partial charge in [0.2, 0.25) is 0 Å². The van der Waals surface area contributed by atoms with E-state index in [-0.39, 0.29) is 17.7 Å². The van der Waals surface area contributed by atoms with E-state index in [1.165, 1.54) is 6.08 Å². The second-order valence-corrected chi connectivity index (χ2v) is 3.63. The molecule has 0 aromatic carbocycles. The molecule has 1 saturated heterocycles. The molecule has 0 saturated carbocycles. The first-order chi connectivity index (χ1) is 6.68. The zero-order valence-corrected chi connectivity index (χ0v) is 8.91. The topological polar surface area (TPSA) is 38.8 Å². The van der Waals surface area contributed by atoms with Gasteiger partial charge in [0.15, 0.2) is 0 Å². The Kier molecular flexibility index (Phi) is 3.69. The van der Waals surface area contributed by atoms with Crippen LogP contribution in [0.1, 0.15) is 33.1 Å². The van der Waals surface area contributed by atoms with E-state index in [1.54, 1.807) is 0 Å². The molecule has 1 aliphatic heterocycles. The summed E-state index contributed by atoms with van der Waals surface area (Å²) in [6, 6.07) is 0. The van der Waals surface area contributed by atoms with Crippen LogP contribution in [-0.2, 0) is 14.3 Å². The molecule has 0 amide bonds. The molecule has 3 nitrogen and oxygen atoms in total. The number of esters is 1. The van der Waals surface area contributed by atoms with E-state index in [9.17, 15) is 4.79 Å². The Balaban J connectivity index is 2.34. The molecule has 80 valence electrons. The van der Waals surface area contributed by atoms with E-state index >= 15 is 0 Å². The van der Waals surface area contributed by atoms with Crippen LogP contribution in [0.3, 0.4) is 0 Å². The van der Waals surface area contributed by atoms with Gasteiger partial charge in [-0.05, 0) is 12.8 Å². The number of carbonyl (C=O) groups is 1. The van der Waals surface area contributed by atoms with Gasteiger partial charge in [-0.3, -0.25) is 0 Å². The Labute approximate surface area is 85.1 Å². The highest BCUT2D eigenvalue weighted by atomic mass is 16.6. The number of carbonyl (C=O) groups excluding carboxylic acids is 1. The molecule has 2 atom stereocenters. The van der Waals surface area contributed by atoms with Gasteiger partial charge in [-0.2, -0.15) is 0 Å². The van der Waals surface area contributed by atoms with E-state index < -0.39 is 0 Å². The number of ether oxygens (including phenoxy) is 2. The van der Waals surface area contributed by atoms with Gasteiger partial charge >= 0.3 is 5.97 Å². The molecule has 1 heterocycles. The van der Waals surface area contributed by atoms with Crippen molar-refractivity contribution in [1.82, 2.24) is 0 Å². The van der Waals surface area contributed by atoms with Crippen molar-refractivity contribution >= 4 is 5.97 Å². The molecule has 1 fully saturated rings. The highest BCUT2D eigenvalue weighted by molar-refractivity contribution is 5.81. The van der Waals surface area contributed by atoms with Crippen LogP contribution >= 0.6 is 0 Å². The lowest BCUT2D eigenvalue weighted by Gasteiger charge is -2.09. The summed E-state index contributed by atoms with van der Waals surface area (Å²) in [6.45, 7) is 7.88. The fourth-order valence-corrected chi connectivity index (χ4v) is 1.63. The third-order valence-corrected chi connectivity index (χ3v) is 2.68. The first-order valence-electron chi connectivity index (χ1n) is 5.15. The van der Waals surface area contributed by atoms with Gasteiger partial charge in [-0.1, -0.05) is 26.8 Å². The lowest BCUT2D eigenvalue weighted by Crippen LogP contribution is -2.23. The van der Waals surface area contributed by atoms with Crippen LogP contribution in [-0.4, -0.2) is 24.3 Å². The van der Waals surface area contributed by atoms with Crippen molar-refractivity contribution in [2.75, 3.05) is 6.61 Å². The molecule has 1 rings (SSSR count). The Bertz CT molecular complexity index is 225. The van der Waals surface area contributed by atoms with Crippen molar-refractivity contribution in [3.63, 3.8) is 0 Å². The number of hydrogen-bond acceptors (Lipinski definition) is 3. The normalized spacial score (nSPS) is 29.7. The summed E-state index contributed by atoms with van der Waals surface area (Å²) in [6.07, 6.45) is 4.49. The zero-order chi connectivity index (χ0) is 10.6. The highest BCUT2D eigenvalue weighted by Crippen LogP contribution is 2.42. The van der Waals surface area contributed by atoms with Crippen molar-refractivity contribution in [2.24, 2.45) is 0 Å². The van der Waals surface area contributed by atoms with E-state index in [0.29, 0.717) is 6.61 Å². The predicted molar refractivity (Wildman–Crippen MR) is 54.0 cm³/mol. The molecular weight excluding hydrogens is 180 g/mol. The van der Waals surface area contributed by atoms with Gasteiger partial charge in [-0.15, -0.1) is 0 Å². The Hall–Kier alpha value is -0.830. The minimum Gasteiger partial charge on any atom is -0.459 e. The maximum absolute atomic E-state index is 10.9. The molecule has 2 unspecified atom stereocenters. The van der Waals surface area contributed by atoms with Gasteiger partial charge in [-0.25, -0.2) is 4.79 Å². The number of hydrogen-bond donors (Lipinski definition) is 0. The number of epoxide rings is 1. The van der Waals surface area contributed by atoms with Crippen molar-refractivity contribution in [3.8, 4) is 0 Å². The first-order valence-corrected chi connectivity index (χ1v) is 5.15. The maximum Gasteiger partial charge on any atom is 0.330 e. The minimum absolute atomic E-state index is 0.200. The van der Waals surface area contributed by atoms with Crippen LogP contribution in [0, 0.1) is 0 Å². The largest absolute Gasteiger partial charge is 0.459 e. The SMILES string of the molecule is C=CC(=O)OCC1(CC)OC1CCC. The standard InChI is InChI=1S/C11H18O3/c1-4-7-9-11(6-3,14-9)8-13-10(12)5-2/h5,9H,2,4,6-8H2,1,3H3. The lowest BCUT2D eigenvalue weighted by atomic mass is 10.0. The molecule has 0 aliphatic carbocycles. The third-order valence-electron chi connectivity index (χ3n) is 2.68. The average molecular weight is 198 g/mol. The number of rotatable bonds is 6. The van der Waals surface area contributed by atoms with Gasteiger partial charge in [0.05, 0.1) is 6.10 Å². The van der Waals surface area contributed by atoms with E-state index in [1.807, 2.05) is 0 Å². The molecule has 0 N–H and O–H groups in total. The molecule has 3 heteroatoms. The molecule has 1 aliphatic rings. The second kappa shape index (κ2) is 4.60. The summed E-state index contributed by atoms with van der Waals surface area (Å²) in [7, 11) is 0. The van der Waals surface area contributed by atoms with Gasteiger partial charge < -0.3 is 9.47 Å². The minimum atomic E-state index is -0.372. The molecule has 0 spiro atoms. The zero-order valence-electron chi connectivity index (χ0n) is 8.91. The maximum atomic E-state index is 10.9. The molecule has 0 aromatic rings. The average Bonchev–Trinajstić information content (AvgIpc) is 2.90. The summed E-state index contributed by atoms with van der Waals surface area (Å²) in [5.74, 6) is -0.372. The van der Waals surface area contributed by atoms with Crippen LogP contribution in [0.4, 0.5) is 0 Å². The van der Waals surface area contributed by atoms with Crippen LogP contribution in [0.2, 0.25) is 0 Å². The Morgan fingerprint density at radius 2 is 2.36 bits per heavy atom. The first kappa shape index (κ1) is 11.2. The van der Waals surface area contributed by atoms with Gasteiger partial charge in [0.25, 0.3) is 0 Å². The second-order valence-electron chi connectivity index (χ2n) is 3.63. The van der Waals surface area contributed by atoms with Crippen LogP contribution < -0.4 is 0 Å². The quantitative estimate of drug-likeness (QED) is 0.372. The van der Waals surface area contributed by atoms with Crippen LogP contribution in [0.15, 0.2) is 12.7 Å². The van der Waals surface area contributed by atoms with Crippen molar-refractivity contribution < 1.29 is 14.3 Å². The van der Waals surface area contributed by atoms with E-state index in [0.717, 1.165) is 19.3 Å². The van der Waals surface area contributed by atoms with Gasteiger partial charge in [0.1, 0.15) is 12.2 Å². The lowest BCUT2D eigenvalue weighted by molar-refractivity contribution is -0.139. The highest BCUT2D eigenvalue weighted by Gasteiger charge is 2.54. The van der Waals surface area contributed by atoms with Crippen molar-refractivity contribution in [1.29, 1.82) is 0 Å². The molecule has 0 radical (unpaired) electrons. The summed E-state index contributed by atoms with van der Waals surface area (Å²) >= 11 is 0. The monoisotopic (exact) mass is 198 g/mol. The van der Waals surface area contributed by atoms with Crippen LogP contribution in [0.25, 0.3) is 0 Å². The van der Waals surface area contributed by atoms with Crippen molar-refractivity contribution in [3.05, 3.63) is 12.7 Å². The summed E-state index contributed by atoms with van der Waals surface area (Å²) in [5, 5.41) is 0. The molecular formula is C11H18O3. The fourth-order valence-electron chi connectivity index (χ4n) is 1.63. The fraction of sp³-hybridized carbons (Fsp3) is 0.727. The smallest absolute Gasteiger partial charge is 0.330 e. The van der Waals surface area contributed by atoms with Gasteiger partial charge in [0, 0.05) is 6.08 Å². The van der Waals surface area contributed by atoms with Crippen molar-refractivity contribution in [2.45, 2.75) is 44.8 Å². The molecule has 0 bridgehead atoms. The summed E-state index contributed by atoms with van der Waals surface area (Å²) < 4.78 is 10.6. The van der Waals surface area contributed by atoms with Crippen LogP contribution in [0.5, 0.6) is 0 Å². The molecule has 14 heavy (non-hydrogen) atoms. The molecule has 0 aromatic heterocycles. The third kappa shape index (κ3) is 2.35. The predicted octanol–water partition coefficient (Wildman–Crippen LogP) is 2.06. The van der Waals surface area contributed by atoms with E-state index in [4.69, 9.17) is 9.47 Å². The Morgan fingerprint density at radius 1 is 1.64 bits per heavy atom. The Morgan fingerprint density at radius 3 is 2.86 bits per heavy atom. The summed E-state index contributed by atoms with van der Waals surface area (Å²) in [5.41, 5.74) is -0.200. The van der Waals surface area contributed by atoms with E-state index in [2.05, 4.69) is 20.4 Å².